The summed E-state index contributed by atoms with van der Waals surface area (Å²) >= 11 is 1.65. The molecule has 0 unspecified atom stereocenters. The van der Waals surface area contributed by atoms with Crippen molar-refractivity contribution in [1.29, 1.82) is 0 Å². The fourth-order valence-corrected chi connectivity index (χ4v) is 4.91. The lowest BCUT2D eigenvalue weighted by atomic mass is 10.1. The number of anilines is 2. The van der Waals surface area contributed by atoms with E-state index in [1.807, 2.05) is 42.5 Å². The number of hydrazone groups is 1. The van der Waals surface area contributed by atoms with Gasteiger partial charge in [-0.15, -0.1) is 0 Å². The monoisotopic (exact) mass is 454 g/mol. The van der Waals surface area contributed by atoms with Crippen LogP contribution in [0.4, 0.5) is 17.1 Å². The first kappa shape index (κ1) is 20.9. The average molecular weight is 455 g/mol. The van der Waals surface area contributed by atoms with Crippen LogP contribution in [0.15, 0.2) is 80.5 Å². The molecule has 1 aliphatic rings. The SMILES string of the molecule is C/C(=N/NS(=O)(=O)c1ccc(C)c([N+](=O)[O-])c1)c1ccc2c(c1)Nc1ccccc1S2. The fraction of sp³-hybridized carbons (Fsp3) is 0.0952. The number of aryl methyl sites for hydroxylation is 1. The van der Waals surface area contributed by atoms with Crippen LogP contribution in [0.2, 0.25) is 0 Å². The summed E-state index contributed by atoms with van der Waals surface area (Å²) in [6.45, 7) is 3.23. The summed E-state index contributed by atoms with van der Waals surface area (Å²) in [5, 5.41) is 18.5. The number of nitrogens with zero attached hydrogens (tertiary/aromatic N) is 2. The Kier molecular flexibility index (Phi) is 5.42. The molecule has 0 saturated carbocycles. The molecule has 2 N–H and O–H groups in total. The van der Waals surface area contributed by atoms with Crippen molar-refractivity contribution in [2.45, 2.75) is 28.5 Å². The molecule has 0 atom stereocenters. The summed E-state index contributed by atoms with van der Waals surface area (Å²) in [5.74, 6) is 0. The molecule has 158 valence electrons. The van der Waals surface area contributed by atoms with E-state index in [2.05, 4.69) is 15.2 Å². The minimum Gasteiger partial charge on any atom is -0.354 e. The Labute approximate surface area is 183 Å². The second-order valence-corrected chi connectivity index (χ2v) is 9.68. The Morgan fingerprint density at radius 3 is 2.58 bits per heavy atom. The molecule has 0 aromatic heterocycles. The molecule has 10 heteroatoms. The number of nitro groups is 1. The maximum absolute atomic E-state index is 12.6. The third kappa shape index (κ3) is 4.25. The highest BCUT2D eigenvalue weighted by molar-refractivity contribution is 7.99. The van der Waals surface area contributed by atoms with Gasteiger partial charge in [-0.25, -0.2) is 0 Å². The number of hydrogen-bond donors (Lipinski definition) is 2. The molecule has 1 heterocycles. The number of benzene rings is 3. The number of rotatable bonds is 5. The molecule has 0 amide bonds. The van der Waals surface area contributed by atoms with Crippen molar-refractivity contribution in [3.05, 3.63) is 81.9 Å². The van der Waals surface area contributed by atoms with E-state index in [4.69, 9.17) is 0 Å². The molecule has 3 aromatic carbocycles. The van der Waals surface area contributed by atoms with Crippen LogP contribution < -0.4 is 10.1 Å². The van der Waals surface area contributed by atoms with E-state index in [9.17, 15) is 18.5 Å². The van der Waals surface area contributed by atoms with Crippen molar-refractivity contribution in [2.75, 3.05) is 5.32 Å². The smallest absolute Gasteiger partial charge is 0.276 e. The van der Waals surface area contributed by atoms with Gasteiger partial charge in [-0.1, -0.05) is 36.0 Å². The Balaban J connectivity index is 1.57. The summed E-state index contributed by atoms with van der Waals surface area (Å²) in [6.07, 6.45) is 0. The third-order valence-corrected chi connectivity index (χ3v) is 7.15. The second kappa shape index (κ2) is 8.05. The van der Waals surface area contributed by atoms with Gasteiger partial charge in [-0.2, -0.15) is 18.4 Å². The molecule has 0 bridgehead atoms. The van der Waals surface area contributed by atoms with Crippen molar-refractivity contribution in [1.82, 2.24) is 4.83 Å². The lowest BCUT2D eigenvalue weighted by Gasteiger charge is -2.21. The van der Waals surface area contributed by atoms with Crippen LogP contribution >= 0.6 is 11.8 Å². The van der Waals surface area contributed by atoms with E-state index in [1.165, 1.54) is 12.1 Å². The van der Waals surface area contributed by atoms with Crippen molar-refractivity contribution in [3.8, 4) is 0 Å². The Hall–Kier alpha value is -3.37. The molecule has 0 saturated heterocycles. The zero-order chi connectivity index (χ0) is 22.2. The second-order valence-electron chi connectivity index (χ2n) is 6.93. The maximum atomic E-state index is 12.6. The van der Waals surface area contributed by atoms with Gasteiger partial charge >= 0.3 is 0 Å². The number of para-hydroxylation sites is 1. The largest absolute Gasteiger partial charge is 0.354 e. The van der Waals surface area contributed by atoms with E-state index in [0.717, 1.165) is 32.8 Å². The highest BCUT2D eigenvalue weighted by atomic mass is 32.2. The molecule has 0 aliphatic carbocycles. The number of nitro benzene ring substituents is 1. The van der Waals surface area contributed by atoms with Gasteiger partial charge in [-0.3, -0.25) is 10.1 Å². The minimum absolute atomic E-state index is 0.221. The van der Waals surface area contributed by atoms with Crippen LogP contribution in [0.25, 0.3) is 0 Å². The molecule has 0 spiro atoms. The zero-order valence-corrected chi connectivity index (χ0v) is 18.3. The van der Waals surface area contributed by atoms with Crippen LogP contribution in [0.1, 0.15) is 18.1 Å². The van der Waals surface area contributed by atoms with Gasteiger partial charge in [0.2, 0.25) is 0 Å². The molecular formula is C21H18N4O4S2. The van der Waals surface area contributed by atoms with Crippen molar-refractivity contribution < 1.29 is 13.3 Å². The predicted molar refractivity (Wildman–Crippen MR) is 121 cm³/mol. The summed E-state index contributed by atoms with van der Waals surface area (Å²) in [6, 6.07) is 17.4. The van der Waals surface area contributed by atoms with E-state index in [0.29, 0.717) is 11.3 Å². The molecule has 3 aromatic rings. The molecule has 0 radical (unpaired) electrons. The Bertz CT molecular complexity index is 1340. The third-order valence-electron chi connectivity index (χ3n) is 4.79. The zero-order valence-electron chi connectivity index (χ0n) is 16.6. The Morgan fingerprint density at radius 1 is 1.06 bits per heavy atom. The predicted octanol–water partition coefficient (Wildman–Crippen LogP) is 4.81. The van der Waals surface area contributed by atoms with Gasteiger partial charge in [0, 0.05) is 21.4 Å². The van der Waals surface area contributed by atoms with E-state index in [-0.39, 0.29) is 10.6 Å². The molecule has 8 nitrogen and oxygen atoms in total. The van der Waals surface area contributed by atoms with Crippen molar-refractivity contribution in [2.24, 2.45) is 5.10 Å². The van der Waals surface area contributed by atoms with Gasteiger partial charge in [0.25, 0.3) is 15.7 Å². The van der Waals surface area contributed by atoms with Crippen LogP contribution in [0.5, 0.6) is 0 Å². The number of nitrogens with one attached hydrogen (secondary N) is 2. The summed E-state index contributed by atoms with van der Waals surface area (Å²) in [7, 11) is -4.06. The van der Waals surface area contributed by atoms with Gasteiger partial charge in [0.15, 0.2) is 0 Å². The standard InChI is InChI=1S/C21H18N4O4S2/c1-13-7-9-16(12-19(13)25(26)27)31(28,29)24-23-14(2)15-8-10-21-18(11-15)22-17-5-3-4-6-20(17)30-21/h3-12,22,24H,1-2H3/b23-14-. The lowest BCUT2D eigenvalue weighted by molar-refractivity contribution is -0.385. The van der Waals surface area contributed by atoms with Gasteiger partial charge in [-0.05, 0) is 49.7 Å². The number of fused-ring (bicyclic) bond motifs is 2. The van der Waals surface area contributed by atoms with Gasteiger partial charge < -0.3 is 5.32 Å². The van der Waals surface area contributed by atoms with Crippen molar-refractivity contribution >= 4 is 44.6 Å². The summed E-state index contributed by atoms with van der Waals surface area (Å²) < 4.78 is 25.1. The first-order valence-electron chi connectivity index (χ1n) is 9.24. The van der Waals surface area contributed by atoms with Crippen LogP contribution in [-0.4, -0.2) is 19.1 Å². The highest BCUT2D eigenvalue weighted by Gasteiger charge is 2.20. The first-order chi connectivity index (χ1) is 14.7. The van der Waals surface area contributed by atoms with Gasteiger partial charge in [0.05, 0.1) is 26.9 Å². The van der Waals surface area contributed by atoms with E-state index in [1.54, 1.807) is 25.6 Å². The van der Waals surface area contributed by atoms with Crippen molar-refractivity contribution in [3.63, 3.8) is 0 Å². The van der Waals surface area contributed by atoms with E-state index >= 15 is 0 Å². The number of sulfonamides is 1. The average Bonchev–Trinajstić information content (AvgIpc) is 2.75. The fourth-order valence-electron chi connectivity index (χ4n) is 3.06. The molecule has 1 aliphatic heterocycles. The topological polar surface area (TPSA) is 114 Å². The van der Waals surface area contributed by atoms with Gasteiger partial charge in [0.1, 0.15) is 0 Å². The van der Waals surface area contributed by atoms with Crippen LogP contribution in [0, 0.1) is 17.0 Å². The quantitative estimate of drug-likeness (QED) is 0.254. The van der Waals surface area contributed by atoms with E-state index < -0.39 is 14.9 Å². The van der Waals surface area contributed by atoms with Crippen LogP contribution in [-0.2, 0) is 10.0 Å². The number of hydrogen-bond acceptors (Lipinski definition) is 7. The molecular weight excluding hydrogens is 436 g/mol. The lowest BCUT2D eigenvalue weighted by Crippen LogP contribution is -2.20. The summed E-state index contributed by atoms with van der Waals surface area (Å²) in [4.78, 5) is 14.6. The maximum Gasteiger partial charge on any atom is 0.276 e. The minimum atomic E-state index is -4.06. The molecule has 4 rings (SSSR count). The van der Waals surface area contributed by atoms with Crippen LogP contribution in [0.3, 0.4) is 0 Å². The molecule has 0 fully saturated rings. The first-order valence-corrected chi connectivity index (χ1v) is 11.5. The summed E-state index contributed by atoms with van der Waals surface area (Å²) in [5.41, 5.74) is 3.23. The Morgan fingerprint density at radius 2 is 1.81 bits per heavy atom. The normalized spacial score (nSPS) is 13.0. The highest BCUT2D eigenvalue weighted by Crippen LogP contribution is 2.44. The molecule has 31 heavy (non-hydrogen) atoms.